The van der Waals surface area contributed by atoms with Gasteiger partial charge in [-0.15, -0.1) is 0 Å². The van der Waals surface area contributed by atoms with Gasteiger partial charge in [0.15, 0.2) is 11.6 Å². The van der Waals surface area contributed by atoms with Crippen LogP contribution in [0.5, 0.6) is 0 Å². The molecular formula is C24H22O2. The van der Waals surface area contributed by atoms with Gasteiger partial charge in [-0.1, -0.05) is 97.9 Å². The van der Waals surface area contributed by atoms with E-state index in [1.165, 1.54) is 0 Å². The summed E-state index contributed by atoms with van der Waals surface area (Å²) in [4.78, 5) is 27.0. The predicted octanol–water partition coefficient (Wildman–Crippen LogP) is 5.20. The molecule has 3 rings (SSSR count). The monoisotopic (exact) mass is 342 g/mol. The van der Waals surface area contributed by atoms with Crippen molar-refractivity contribution in [2.45, 2.75) is 25.2 Å². The van der Waals surface area contributed by atoms with Gasteiger partial charge in [-0.2, -0.15) is 0 Å². The summed E-state index contributed by atoms with van der Waals surface area (Å²) in [7, 11) is 0. The van der Waals surface area contributed by atoms with E-state index in [1.54, 1.807) is 19.1 Å². The van der Waals surface area contributed by atoms with E-state index in [0.29, 0.717) is 5.56 Å². The van der Waals surface area contributed by atoms with Crippen molar-refractivity contribution in [3.8, 4) is 0 Å². The quantitative estimate of drug-likeness (QED) is 0.456. The third-order valence-electron chi connectivity index (χ3n) is 5.03. The fraction of sp³-hybridized carbons (Fsp3) is 0.167. The Morgan fingerprint density at radius 2 is 1.19 bits per heavy atom. The Morgan fingerprint density at radius 1 is 0.731 bits per heavy atom. The lowest BCUT2D eigenvalue weighted by atomic mass is 9.69. The molecule has 0 radical (unpaired) electrons. The number of ketones is 2. The summed E-state index contributed by atoms with van der Waals surface area (Å²) in [6.07, 6.45) is 0. The molecule has 2 nitrogen and oxygen atoms in total. The van der Waals surface area contributed by atoms with Crippen molar-refractivity contribution in [1.82, 2.24) is 0 Å². The maximum Gasteiger partial charge on any atom is 0.180 e. The first-order chi connectivity index (χ1) is 12.5. The molecule has 3 aromatic rings. The van der Waals surface area contributed by atoms with Gasteiger partial charge >= 0.3 is 0 Å². The molecule has 0 fully saturated rings. The van der Waals surface area contributed by atoms with Gasteiger partial charge in [-0.3, -0.25) is 9.59 Å². The van der Waals surface area contributed by atoms with Crippen molar-refractivity contribution >= 4 is 11.6 Å². The van der Waals surface area contributed by atoms with Crippen molar-refractivity contribution in [3.05, 3.63) is 108 Å². The van der Waals surface area contributed by atoms with Crippen molar-refractivity contribution in [2.24, 2.45) is 0 Å². The highest BCUT2D eigenvalue weighted by Gasteiger charge is 2.44. The van der Waals surface area contributed by atoms with Crippen molar-refractivity contribution in [3.63, 3.8) is 0 Å². The molecule has 0 saturated heterocycles. The molecule has 2 atom stereocenters. The van der Waals surface area contributed by atoms with E-state index < -0.39 is 5.41 Å². The van der Waals surface area contributed by atoms with E-state index >= 15 is 0 Å². The Morgan fingerprint density at radius 3 is 1.73 bits per heavy atom. The lowest BCUT2D eigenvalue weighted by molar-refractivity contribution is -0.123. The molecule has 26 heavy (non-hydrogen) atoms. The number of rotatable bonds is 6. The van der Waals surface area contributed by atoms with Gasteiger partial charge in [-0.25, -0.2) is 0 Å². The molecule has 0 spiro atoms. The van der Waals surface area contributed by atoms with E-state index in [-0.39, 0.29) is 17.5 Å². The first-order valence-electron chi connectivity index (χ1n) is 8.79. The van der Waals surface area contributed by atoms with Gasteiger partial charge < -0.3 is 0 Å². The summed E-state index contributed by atoms with van der Waals surface area (Å²) in [6.45, 7) is 3.62. The number of carbonyl (C=O) groups is 2. The summed E-state index contributed by atoms with van der Waals surface area (Å²) in [5, 5.41) is 0. The van der Waals surface area contributed by atoms with Crippen LogP contribution in [-0.2, 0) is 10.2 Å². The summed E-state index contributed by atoms with van der Waals surface area (Å²) < 4.78 is 0. The summed E-state index contributed by atoms with van der Waals surface area (Å²) in [5.41, 5.74) is 0.951. The van der Waals surface area contributed by atoms with E-state index in [9.17, 15) is 9.59 Å². The van der Waals surface area contributed by atoms with Gasteiger partial charge in [0.05, 0.1) is 0 Å². The van der Waals surface area contributed by atoms with Gasteiger partial charge in [0, 0.05) is 11.5 Å². The third-order valence-corrected chi connectivity index (χ3v) is 5.03. The Bertz CT molecular complexity index is 885. The van der Waals surface area contributed by atoms with Crippen LogP contribution in [0.3, 0.4) is 0 Å². The molecule has 0 N–H and O–H groups in total. The molecule has 0 amide bonds. The molecular weight excluding hydrogens is 320 g/mol. The minimum Gasteiger partial charge on any atom is -0.298 e. The lowest BCUT2D eigenvalue weighted by Crippen LogP contribution is -2.43. The standard InChI is InChI=1S/C24H22O2/c1-18(19-12-6-3-7-13-19)22(25)24(2,21-16-10-5-11-17-21)23(26)20-14-8-4-9-15-20/h3-18H,1-2H3. The van der Waals surface area contributed by atoms with Crippen LogP contribution in [0.1, 0.15) is 41.3 Å². The molecule has 0 aromatic heterocycles. The van der Waals surface area contributed by atoms with Crippen LogP contribution in [0.15, 0.2) is 91.0 Å². The lowest BCUT2D eigenvalue weighted by Gasteiger charge is -2.30. The minimum atomic E-state index is -1.24. The maximum atomic E-state index is 13.6. The van der Waals surface area contributed by atoms with Crippen molar-refractivity contribution in [2.75, 3.05) is 0 Å². The minimum absolute atomic E-state index is 0.0937. The van der Waals surface area contributed by atoms with Crippen LogP contribution in [0.25, 0.3) is 0 Å². The summed E-state index contributed by atoms with van der Waals surface area (Å²) >= 11 is 0. The molecule has 0 aliphatic heterocycles. The highest BCUT2D eigenvalue weighted by atomic mass is 16.2. The molecule has 130 valence electrons. The molecule has 2 heteroatoms. The highest BCUT2D eigenvalue weighted by Crippen LogP contribution is 2.35. The number of carbonyl (C=O) groups excluding carboxylic acids is 2. The normalized spacial score (nSPS) is 14.2. The SMILES string of the molecule is CC(C(=O)C(C)(C(=O)c1ccccc1)c1ccccc1)c1ccccc1. The molecule has 3 aromatic carbocycles. The van der Waals surface area contributed by atoms with Gasteiger partial charge in [-0.05, 0) is 18.1 Å². The zero-order chi connectivity index (χ0) is 18.6. The van der Waals surface area contributed by atoms with Crippen LogP contribution >= 0.6 is 0 Å². The van der Waals surface area contributed by atoms with Gasteiger partial charge in [0.2, 0.25) is 0 Å². The molecule has 0 aliphatic rings. The number of hydrogen-bond donors (Lipinski definition) is 0. The second kappa shape index (κ2) is 7.49. The van der Waals surface area contributed by atoms with Crippen molar-refractivity contribution < 1.29 is 9.59 Å². The molecule has 0 saturated carbocycles. The van der Waals surface area contributed by atoms with Crippen LogP contribution in [0.4, 0.5) is 0 Å². The second-order valence-corrected chi connectivity index (χ2v) is 6.68. The zero-order valence-corrected chi connectivity index (χ0v) is 15.1. The van der Waals surface area contributed by atoms with Crippen molar-refractivity contribution in [1.29, 1.82) is 0 Å². The Labute approximate surface area is 154 Å². The average molecular weight is 342 g/mol. The van der Waals surface area contributed by atoms with E-state index in [4.69, 9.17) is 0 Å². The van der Waals surface area contributed by atoms with Crippen LogP contribution < -0.4 is 0 Å². The molecule has 2 unspecified atom stereocenters. The van der Waals surface area contributed by atoms with E-state index in [2.05, 4.69) is 0 Å². The number of Topliss-reactive ketones (excluding diaryl/α,β-unsaturated/α-hetero) is 2. The van der Waals surface area contributed by atoms with E-state index in [0.717, 1.165) is 11.1 Å². The van der Waals surface area contributed by atoms with Crippen LogP contribution in [-0.4, -0.2) is 11.6 Å². The molecule has 0 bridgehead atoms. The fourth-order valence-electron chi connectivity index (χ4n) is 3.36. The van der Waals surface area contributed by atoms with E-state index in [1.807, 2.05) is 85.8 Å². The Hall–Kier alpha value is -3.00. The zero-order valence-electron chi connectivity index (χ0n) is 15.1. The first-order valence-corrected chi connectivity index (χ1v) is 8.79. The highest BCUT2D eigenvalue weighted by molar-refractivity contribution is 6.20. The van der Waals surface area contributed by atoms with Crippen LogP contribution in [0.2, 0.25) is 0 Å². The topological polar surface area (TPSA) is 34.1 Å². The Balaban J connectivity index is 2.09. The first kappa shape index (κ1) is 17.8. The van der Waals surface area contributed by atoms with Gasteiger partial charge in [0.25, 0.3) is 0 Å². The summed E-state index contributed by atoms with van der Waals surface area (Å²) in [6, 6.07) is 28.0. The van der Waals surface area contributed by atoms with Gasteiger partial charge in [0.1, 0.15) is 5.41 Å². The average Bonchev–Trinajstić information content (AvgIpc) is 2.73. The Kier molecular flexibility index (Phi) is 5.13. The predicted molar refractivity (Wildman–Crippen MR) is 104 cm³/mol. The molecule has 0 aliphatic carbocycles. The second-order valence-electron chi connectivity index (χ2n) is 6.68. The number of hydrogen-bond acceptors (Lipinski definition) is 2. The molecule has 0 heterocycles. The van der Waals surface area contributed by atoms with Crippen LogP contribution in [0, 0.1) is 0 Å². The third kappa shape index (κ3) is 3.23. The fourth-order valence-corrected chi connectivity index (χ4v) is 3.36. The number of benzene rings is 3. The maximum absolute atomic E-state index is 13.6. The summed E-state index contributed by atoms with van der Waals surface area (Å²) in [5.74, 6) is -0.644. The smallest absolute Gasteiger partial charge is 0.180 e. The largest absolute Gasteiger partial charge is 0.298 e.